The lowest BCUT2D eigenvalue weighted by Gasteiger charge is -2.27. The Bertz CT molecular complexity index is 645. The van der Waals surface area contributed by atoms with Gasteiger partial charge >= 0.3 is 0 Å². The van der Waals surface area contributed by atoms with Crippen LogP contribution in [0.15, 0.2) is 54.9 Å². The lowest BCUT2D eigenvalue weighted by molar-refractivity contribution is -0.138. The van der Waals surface area contributed by atoms with E-state index in [0.29, 0.717) is 13.1 Å². The van der Waals surface area contributed by atoms with Gasteiger partial charge in [0.2, 0.25) is 5.91 Å². The third-order valence-electron chi connectivity index (χ3n) is 4.74. The van der Waals surface area contributed by atoms with Crippen LogP contribution in [-0.4, -0.2) is 33.5 Å². The SMILES string of the molecule is O=C(C1CCCC1O)N(CCc1ccccc1)Cc1ccncc1. The van der Waals surface area contributed by atoms with E-state index >= 15 is 0 Å². The summed E-state index contributed by atoms with van der Waals surface area (Å²) in [7, 11) is 0. The van der Waals surface area contributed by atoms with Crippen molar-refractivity contribution in [2.75, 3.05) is 6.54 Å². The zero-order valence-corrected chi connectivity index (χ0v) is 13.8. The molecule has 3 rings (SSSR count). The third-order valence-corrected chi connectivity index (χ3v) is 4.74. The van der Waals surface area contributed by atoms with Gasteiger partial charge in [-0.25, -0.2) is 0 Å². The number of aliphatic hydroxyl groups excluding tert-OH is 1. The number of benzene rings is 1. The number of aromatic nitrogens is 1. The van der Waals surface area contributed by atoms with Crippen molar-refractivity contribution in [1.82, 2.24) is 9.88 Å². The molecule has 1 N–H and O–H groups in total. The van der Waals surface area contributed by atoms with Crippen LogP contribution in [0.2, 0.25) is 0 Å². The van der Waals surface area contributed by atoms with Crippen LogP contribution in [0.4, 0.5) is 0 Å². The quantitative estimate of drug-likeness (QED) is 0.889. The first-order valence-electron chi connectivity index (χ1n) is 8.64. The van der Waals surface area contributed by atoms with Gasteiger partial charge in [0, 0.05) is 25.5 Å². The van der Waals surface area contributed by atoms with E-state index in [1.165, 1.54) is 5.56 Å². The fourth-order valence-electron chi connectivity index (χ4n) is 3.35. The van der Waals surface area contributed by atoms with E-state index < -0.39 is 6.10 Å². The highest BCUT2D eigenvalue weighted by molar-refractivity contribution is 5.79. The van der Waals surface area contributed by atoms with Crippen LogP contribution in [0.5, 0.6) is 0 Å². The molecule has 4 nitrogen and oxygen atoms in total. The number of rotatable bonds is 6. The average Bonchev–Trinajstić information content (AvgIpc) is 3.06. The molecule has 0 aliphatic heterocycles. The highest BCUT2D eigenvalue weighted by Crippen LogP contribution is 2.28. The van der Waals surface area contributed by atoms with Gasteiger partial charge in [0.05, 0.1) is 12.0 Å². The van der Waals surface area contributed by atoms with Crippen molar-refractivity contribution in [1.29, 1.82) is 0 Å². The molecule has 2 unspecified atom stereocenters. The highest BCUT2D eigenvalue weighted by Gasteiger charge is 2.34. The minimum atomic E-state index is -0.492. The van der Waals surface area contributed by atoms with E-state index in [9.17, 15) is 9.90 Å². The van der Waals surface area contributed by atoms with Crippen LogP contribution in [0, 0.1) is 5.92 Å². The predicted octanol–water partition coefficient (Wildman–Crippen LogP) is 2.81. The van der Waals surface area contributed by atoms with E-state index in [0.717, 1.165) is 31.2 Å². The summed E-state index contributed by atoms with van der Waals surface area (Å²) in [6.45, 7) is 1.23. The molecule has 1 saturated carbocycles. The zero-order valence-electron chi connectivity index (χ0n) is 13.8. The Balaban J connectivity index is 1.71. The first-order valence-corrected chi connectivity index (χ1v) is 8.64. The van der Waals surface area contributed by atoms with Gasteiger partial charge in [-0.1, -0.05) is 30.3 Å². The maximum absolute atomic E-state index is 12.9. The molecule has 24 heavy (non-hydrogen) atoms. The van der Waals surface area contributed by atoms with Crippen molar-refractivity contribution >= 4 is 5.91 Å². The Morgan fingerprint density at radius 1 is 1.08 bits per heavy atom. The normalized spacial score (nSPS) is 20.0. The lowest BCUT2D eigenvalue weighted by atomic mass is 10.0. The molecule has 0 saturated heterocycles. The molecule has 1 aliphatic rings. The predicted molar refractivity (Wildman–Crippen MR) is 93.1 cm³/mol. The number of nitrogens with zero attached hydrogens (tertiary/aromatic N) is 2. The monoisotopic (exact) mass is 324 g/mol. The maximum atomic E-state index is 12.9. The largest absolute Gasteiger partial charge is 0.392 e. The molecule has 1 amide bonds. The molecule has 1 aliphatic carbocycles. The molecular formula is C20H24N2O2. The second kappa shape index (κ2) is 8.06. The number of hydrogen-bond acceptors (Lipinski definition) is 3. The first-order chi connectivity index (χ1) is 11.7. The van der Waals surface area contributed by atoms with Crippen molar-refractivity contribution in [3.8, 4) is 0 Å². The Hall–Kier alpha value is -2.20. The number of amides is 1. The van der Waals surface area contributed by atoms with Crippen LogP contribution in [0.25, 0.3) is 0 Å². The smallest absolute Gasteiger partial charge is 0.228 e. The van der Waals surface area contributed by atoms with Gasteiger partial charge in [-0.05, 0) is 48.9 Å². The molecule has 126 valence electrons. The van der Waals surface area contributed by atoms with Crippen LogP contribution in [0.1, 0.15) is 30.4 Å². The Kier molecular flexibility index (Phi) is 5.59. The van der Waals surface area contributed by atoms with Crippen LogP contribution in [0.3, 0.4) is 0 Å². The summed E-state index contributed by atoms with van der Waals surface area (Å²) in [6.07, 6.45) is 6.28. The summed E-state index contributed by atoms with van der Waals surface area (Å²) >= 11 is 0. The standard InChI is InChI=1S/C20H24N2O2/c23-19-8-4-7-18(19)20(24)22(15-17-9-12-21-13-10-17)14-11-16-5-2-1-3-6-16/h1-3,5-6,9-10,12-13,18-19,23H,4,7-8,11,14-15H2. The van der Waals surface area contributed by atoms with Gasteiger partial charge in [0.25, 0.3) is 0 Å². The van der Waals surface area contributed by atoms with Gasteiger partial charge in [0.15, 0.2) is 0 Å². The van der Waals surface area contributed by atoms with Gasteiger partial charge < -0.3 is 10.0 Å². The fraction of sp³-hybridized carbons (Fsp3) is 0.400. The molecule has 2 aromatic rings. The summed E-state index contributed by atoms with van der Waals surface area (Å²) in [5, 5.41) is 10.1. The third kappa shape index (κ3) is 4.20. The summed E-state index contributed by atoms with van der Waals surface area (Å²) in [4.78, 5) is 18.9. The molecular weight excluding hydrogens is 300 g/mol. The second-order valence-corrected chi connectivity index (χ2v) is 6.46. The molecule has 4 heteroatoms. The summed E-state index contributed by atoms with van der Waals surface area (Å²) < 4.78 is 0. The molecule has 2 atom stereocenters. The molecule has 0 spiro atoms. The van der Waals surface area contributed by atoms with Crippen LogP contribution in [-0.2, 0) is 17.8 Å². The number of carbonyl (C=O) groups excluding carboxylic acids is 1. The molecule has 1 fully saturated rings. The molecule has 1 heterocycles. The fourth-order valence-corrected chi connectivity index (χ4v) is 3.35. The van der Waals surface area contributed by atoms with Crippen molar-refractivity contribution < 1.29 is 9.90 Å². The van der Waals surface area contributed by atoms with Crippen LogP contribution >= 0.6 is 0 Å². The summed E-state index contributed by atoms with van der Waals surface area (Å²) in [5.74, 6) is -0.171. The second-order valence-electron chi connectivity index (χ2n) is 6.46. The van der Waals surface area contributed by atoms with Crippen LogP contribution < -0.4 is 0 Å². The Morgan fingerprint density at radius 3 is 2.50 bits per heavy atom. The number of carbonyl (C=O) groups is 1. The van der Waals surface area contributed by atoms with Gasteiger partial charge in [0.1, 0.15) is 0 Å². The molecule has 1 aromatic heterocycles. The van der Waals surface area contributed by atoms with E-state index in [1.54, 1.807) is 12.4 Å². The van der Waals surface area contributed by atoms with Gasteiger partial charge in [-0.3, -0.25) is 9.78 Å². The van der Waals surface area contributed by atoms with Crippen molar-refractivity contribution in [2.45, 2.75) is 38.3 Å². The number of pyridine rings is 1. The van der Waals surface area contributed by atoms with E-state index in [1.807, 2.05) is 35.2 Å². The summed E-state index contributed by atoms with van der Waals surface area (Å²) in [5.41, 5.74) is 2.29. The van der Waals surface area contributed by atoms with Crippen molar-refractivity contribution in [3.63, 3.8) is 0 Å². The molecule has 1 aromatic carbocycles. The van der Waals surface area contributed by atoms with Gasteiger partial charge in [-0.15, -0.1) is 0 Å². The number of hydrogen-bond donors (Lipinski definition) is 1. The first kappa shape index (κ1) is 16.7. The molecule has 0 bridgehead atoms. The Morgan fingerprint density at radius 2 is 1.83 bits per heavy atom. The van der Waals surface area contributed by atoms with E-state index in [4.69, 9.17) is 0 Å². The van der Waals surface area contributed by atoms with Crippen molar-refractivity contribution in [3.05, 3.63) is 66.0 Å². The average molecular weight is 324 g/mol. The lowest BCUT2D eigenvalue weighted by Crippen LogP contribution is -2.39. The van der Waals surface area contributed by atoms with Gasteiger partial charge in [-0.2, -0.15) is 0 Å². The van der Waals surface area contributed by atoms with E-state index in [2.05, 4.69) is 17.1 Å². The summed E-state index contributed by atoms with van der Waals surface area (Å²) in [6, 6.07) is 14.1. The minimum absolute atomic E-state index is 0.0766. The zero-order chi connectivity index (χ0) is 16.8. The van der Waals surface area contributed by atoms with Crippen molar-refractivity contribution in [2.24, 2.45) is 5.92 Å². The number of aliphatic hydroxyl groups is 1. The minimum Gasteiger partial charge on any atom is -0.392 e. The molecule has 0 radical (unpaired) electrons. The topological polar surface area (TPSA) is 53.4 Å². The highest BCUT2D eigenvalue weighted by atomic mass is 16.3. The Labute approximate surface area is 143 Å². The maximum Gasteiger partial charge on any atom is 0.228 e. The van der Waals surface area contributed by atoms with E-state index in [-0.39, 0.29) is 11.8 Å².